The largest absolute Gasteiger partial charge is 0.311 e. The number of halogens is 2. The number of nitro benzene ring substituents is 1. The van der Waals surface area contributed by atoms with Crippen molar-refractivity contribution < 1.29 is 22.0 Å². The molecule has 7 nitrogen and oxygen atoms in total. The van der Waals surface area contributed by atoms with E-state index >= 15 is 0 Å². The second-order valence-electron chi connectivity index (χ2n) is 4.67. The normalized spacial score (nSPS) is 19.0. The molecule has 21 heavy (non-hydrogen) atoms. The van der Waals surface area contributed by atoms with Crippen LogP contribution in [0.2, 0.25) is 0 Å². The van der Waals surface area contributed by atoms with E-state index in [1.807, 2.05) is 0 Å². The lowest BCUT2D eigenvalue weighted by molar-refractivity contribution is -0.384. The van der Waals surface area contributed by atoms with Gasteiger partial charge in [0.15, 0.2) is 0 Å². The summed E-state index contributed by atoms with van der Waals surface area (Å²) in [5.41, 5.74) is 0.254. The van der Waals surface area contributed by atoms with E-state index in [4.69, 9.17) is 0 Å². The van der Waals surface area contributed by atoms with Crippen molar-refractivity contribution in [2.45, 2.75) is 6.42 Å². The Hall–Kier alpha value is -1.55. The zero-order valence-electron chi connectivity index (χ0n) is 10.5. The second-order valence-corrected chi connectivity index (χ2v) is 6.94. The van der Waals surface area contributed by atoms with E-state index in [-0.39, 0.29) is 24.6 Å². The molecule has 1 aliphatic rings. The first kappa shape index (κ1) is 15.8. The van der Waals surface area contributed by atoms with Gasteiger partial charge in [0.25, 0.3) is 5.69 Å². The minimum Gasteiger partial charge on any atom is -0.311 e. The van der Waals surface area contributed by atoms with E-state index in [0.717, 1.165) is 0 Å². The molecule has 1 amide bonds. The van der Waals surface area contributed by atoms with E-state index in [1.165, 1.54) is 23.1 Å². The van der Waals surface area contributed by atoms with E-state index in [1.54, 1.807) is 0 Å². The van der Waals surface area contributed by atoms with Crippen molar-refractivity contribution in [2.24, 2.45) is 5.92 Å². The summed E-state index contributed by atoms with van der Waals surface area (Å²) >= 11 is 3.14. The Balaban J connectivity index is 2.23. The van der Waals surface area contributed by atoms with Crippen LogP contribution in [0.3, 0.4) is 0 Å². The number of carbonyl (C=O) groups excluding carboxylic acids is 1. The predicted octanol–water partition coefficient (Wildman–Crippen LogP) is 2.01. The van der Waals surface area contributed by atoms with Crippen LogP contribution in [0.5, 0.6) is 0 Å². The highest BCUT2D eigenvalue weighted by Crippen LogP contribution is 2.34. The van der Waals surface area contributed by atoms with Gasteiger partial charge in [0.1, 0.15) is 0 Å². The first-order chi connectivity index (χ1) is 9.67. The van der Waals surface area contributed by atoms with E-state index in [9.17, 15) is 27.2 Å². The average molecular weight is 381 g/mol. The molecule has 1 saturated heterocycles. The molecule has 0 aliphatic carbocycles. The fourth-order valence-electron chi connectivity index (χ4n) is 2.24. The molecule has 10 heteroatoms. The second kappa shape index (κ2) is 5.68. The zero-order chi connectivity index (χ0) is 15.8. The van der Waals surface area contributed by atoms with Crippen LogP contribution in [0.4, 0.5) is 15.3 Å². The van der Waals surface area contributed by atoms with Gasteiger partial charge in [-0.1, -0.05) is 0 Å². The average Bonchev–Trinajstić information content (AvgIpc) is 2.67. The molecule has 0 bridgehead atoms. The Morgan fingerprint density at radius 2 is 2.14 bits per heavy atom. The number of benzene rings is 1. The summed E-state index contributed by atoms with van der Waals surface area (Å²) in [6.07, 6.45) is -0.0768. The number of anilines is 1. The Kier molecular flexibility index (Phi) is 4.28. The molecule has 1 heterocycles. The van der Waals surface area contributed by atoms with Crippen LogP contribution in [-0.4, -0.2) is 31.5 Å². The fourth-order valence-corrected chi connectivity index (χ4v) is 3.60. The molecule has 0 saturated carbocycles. The van der Waals surface area contributed by atoms with Gasteiger partial charge in [0, 0.05) is 35.5 Å². The van der Waals surface area contributed by atoms with Crippen molar-refractivity contribution in [2.75, 3.05) is 17.2 Å². The maximum absolute atomic E-state index is 12.7. The number of non-ortho nitro benzene ring substituents is 1. The molecule has 1 aromatic carbocycles. The number of nitro groups is 1. The van der Waals surface area contributed by atoms with Gasteiger partial charge in [-0.25, -0.2) is 0 Å². The van der Waals surface area contributed by atoms with E-state index in [0.29, 0.717) is 10.2 Å². The summed E-state index contributed by atoms with van der Waals surface area (Å²) in [5.74, 6) is -1.69. The van der Waals surface area contributed by atoms with Crippen molar-refractivity contribution in [3.05, 3.63) is 32.8 Å². The standard InChI is InChI=1S/C11H10BrFN2O5S/c12-9-4-8(15(17)18)1-2-10(9)14-5-7(3-11(14)16)6-21(13,19)20/h1-2,4,7H,3,5-6H2. The molecule has 1 fully saturated rings. The molecule has 0 aromatic heterocycles. The van der Waals surface area contributed by atoms with Crippen LogP contribution in [-0.2, 0) is 15.0 Å². The molecular weight excluding hydrogens is 371 g/mol. The molecule has 1 atom stereocenters. The van der Waals surface area contributed by atoms with Crippen molar-refractivity contribution in [1.29, 1.82) is 0 Å². The molecule has 1 aliphatic heterocycles. The van der Waals surface area contributed by atoms with Gasteiger partial charge in [-0.15, -0.1) is 3.89 Å². The van der Waals surface area contributed by atoms with Gasteiger partial charge < -0.3 is 4.90 Å². The predicted molar refractivity (Wildman–Crippen MR) is 76.2 cm³/mol. The van der Waals surface area contributed by atoms with Crippen LogP contribution >= 0.6 is 15.9 Å². The molecular formula is C11H10BrFN2O5S. The monoisotopic (exact) mass is 380 g/mol. The lowest BCUT2D eigenvalue weighted by Crippen LogP contribution is -2.25. The Labute approximate surface area is 128 Å². The van der Waals surface area contributed by atoms with Crippen LogP contribution in [0.1, 0.15) is 6.42 Å². The molecule has 114 valence electrons. The van der Waals surface area contributed by atoms with Gasteiger partial charge in [-0.2, -0.15) is 8.42 Å². The maximum atomic E-state index is 12.7. The number of hydrogen-bond acceptors (Lipinski definition) is 5. The third-order valence-corrected chi connectivity index (χ3v) is 4.58. The highest BCUT2D eigenvalue weighted by molar-refractivity contribution is 9.10. The molecule has 0 spiro atoms. The number of rotatable bonds is 4. The van der Waals surface area contributed by atoms with Crippen LogP contribution in [0.15, 0.2) is 22.7 Å². The third kappa shape index (κ3) is 3.76. The van der Waals surface area contributed by atoms with Crippen LogP contribution in [0, 0.1) is 16.0 Å². The van der Waals surface area contributed by atoms with Gasteiger partial charge in [0.2, 0.25) is 5.91 Å². The SMILES string of the molecule is O=C1CC(CS(=O)(=O)F)CN1c1ccc([N+](=O)[O-])cc1Br. The molecule has 2 rings (SSSR count). The Morgan fingerprint density at radius 1 is 1.48 bits per heavy atom. The molecule has 0 radical (unpaired) electrons. The van der Waals surface area contributed by atoms with Crippen molar-refractivity contribution in [3.8, 4) is 0 Å². The summed E-state index contributed by atoms with van der Waals surface area (Å²) < 4.78 is 34.3. The molecule has 1 unspecified atom stereocenters. The molecule has 1 aromatic rings. The zero-order valence-corrected chi connectivity index (χ0v) is 12.9. The van der Waals surface area contributed by atoms with Crippen molar-refractivity contribution in [3.63, 3.8) is 0 Å². The van der Waals surface area contributed by atoms with Crippen LogP contribution < -0.4 is 4.90 Å². The van der Waals surface area contributed by atoms with Crippen molar-refractivity contribution >= 4 is 43.4 Å². The molecule has 0 N–H and O–H groups in total. The number of carbonyl (C=O) groups is 1. The van der Waals surface area contributed by atoms with Gasteiger partial charge in [-0.05, 0) is 22.0 Å². The minimum atomic E-state index is -4.64. The van der Waals surface area contributed by atoms with Gasteiger partial charge in [-0.3, -0.25) is 14.9 Å². The smallest absolute Gasteiger partial charge is 0.302 e. The number of hydrogen-bond donors (Lipinski definition) is 0. The highest BCUT2D eigenvalue weighted by atomic mass is 79.9. The van der Waals surface area contributed by atoms with E-state index < -0.39 is 26.8 Å². The topological polar surface area (TPSA) is 97.6 Å². The first-order valence-electron chi connectivity index (χ1n) is 5.84. The fraction of sp³-hybridized carbons (Fsp3) is 0.364. The van der Waals surface area contributed by atoms with Gasteiger partial charge in [0.05, 0.1) is 16.4 Å². The summed E-state index contributed by atoms with van der Waals surface area (Å²) in [6, 6.07) is 3.89. The first-order valence-corrected chi connectivity index (χ1v) is 8.18. The summed E-state index contributed by atoms with van der Waals surface area (Å²) in [6.45, 7) is 0.0540. The Morgan fingerprint density at radius 3 is 2.67 bits per heavy atom. The summed E-state index contributed by atoms with van der Waals surface area (Å²) in [5, 5.41) is 10.7. The van der Waals surface area contributed by atoms with Crippen molar-refractivity contribution in [1.82, 2.24) is 0 Å². The van der Waals surface area contributed by atoms with Crippen LogP contribution in [0.25, 0.3) is 0 Å². The summed E-state index contributed by atoms with van der Waals surface area (Å²) in [7, 11) is -4.64. The quantitative estimate of drug-likeness (QED) is 0.452. The number of amides is 1. The lowest BCUT2D eigenvalue weighted by atomic mass is 10.1. The maximum Gasteiger partial charge on any atom is 0.302 e. The highest BCUT2D eigenvalue weighted by Gasteiger charge is 2.34. The lowest BCUT2D eigenvalue weighted by Gasteiger charge is -2.18. The minimum absolute atomic E-state index is 0.0540. The third-order valence-electron chi connectivity index (χ3n) is 3.07. The Bertz CT molecular complexity index is 709. The summed E-state index contributed by atoms with van der Waals surface area (Å²) in [4.78, 5) is 23.3. The van der Waals surface area contributed by atoms with Gasteiger partial charge >= 0.3 is 10.2 Å². The van der Waals surface area contributed by atoms with E-state index in [2.05, 4.69) is 15.9 Å². The number of nitrogens with zero attached hydrogens (tertiary/aromatic N) is 2.